The maximum atomic E-state index is 11.5. The first-order valence-corrected chi connectivity index (χ1v) is 5.44. The summed E-state index contributed by atoms with van der Waals surface area (Å²) in [6.45, 7) is 3.49. The second-order valence-corrected chi connectivity index (χ2v) is 3.99. The highest BCUT2D eigenvalue weighted by atomic mass is 16.5. The Labute approximate surface area is 106 Å². The van der Waals surface area contributed by atoms with Gasteiger partial charge in [0.25, 0.3) is 5.91 Å². The SMILES string of the molecule is CC(C)=CC(=O)Nc1cccc(OCC(N)=O)c1. The number of rotatable bonds is 5. The molecule has 0 aliphatic rings. The van der Waals surface area contributed by atoms with Crippen molar-refractivity contribution < 1.29 is 14.3 Å². The van der Waals surface area contributed by atoms with E-state index in [1.165, 1.54) is 6.08 Å². The number of primary amides is 1. The Bertz CT molecular complexity index is 477. The Balaban J connectivity index is 2.67. The fourth-order valence-electron chi connectivity index (χ4n) is 1.26. The third-order valence-electron chi connectivity index (χ3n) is 1.90. The lowest BCUT2D eigenvalue weighted by molar-refractivity contribution is -0.120. The Morgan fingerprint density at radius 3 is 2.72 bits per heavy atom. The van der Waals surface area contributed by atoms with Crippen LogP contribution < -0.4 is 15.8 Å². The molecule has 96 valence electrons. The molecule has 0 saturated carbocycles. The third-order valence-corrected chi connectivity index (χ3v) is 1.90. The van der Waals surface area contributed by atoms with Crippen LogP contribution in [0.2, 0.25) is 0 Å². The molecule has 0 atom stereocenters. The van der Waals surface area contributed by atoms with Gasteiger partial charge < -0.3 is 15.8 Å². The first kappa shape index (κ1) is 13.8. The molecule has 2 amide bonds. The summed E-state index contributed by atoms with van der Waals surface area (Å²) < 4.78 is 5.13. The van der Waals surface area contributed by atoms with Gasteiger partial charge in [-0.25, -0.2) is 0 Å². The van der Waals surface area contributed by atoms with Gasteiger partial charge in [-0.1, -0.05) is 11.6 Å². The number of nitrogens with two attached hydrogens (primary N) is 1. The number of anilines is 1. The van der Waals surface area contributed by atoms with Gasteiger partial charge in [0.05, 0.1) is 0 Å². The fraction of sp³-hybridized carbons (Fsp3) is 0.231. The standard InChI is InChI=1S/C13H16N2O3/c1-9(2)6-13(17)15-10-4-3-5-11(7-10)18-8-12(14)16/h3-7H,8H2,1-2H3,(H2,14,16)(H,15,17). The average molecular weight is 248 g/mol. The summed E-state index contributed by atoms with van der Waals surface area (Å²) in [4.78, 5) is 22.1. The van der Waals surface area contributed by atoms with Gasteiger partial charge in [-0.2, -0.15) is 0 Å². The molecular weight excluding hydrogens is 232 g/mol. The molecule has 0 heterocycles. The molecule has 0 radical (unpaired) electrons. The van der Waals surface area contributed by atoms with E-state index in [1.54, 1.807) is 24.3 Å². The van der Waals surface area contributed by atoms with Gasteiger partial charge >= 0.3 is 0 Å². The maximum absolute atomic E-state index is 11.5. The number of nitrogens with one attached hydrogen (secondary N) is 1. The van der Waals surface area contributed by atoms with Crippen LogP contribution in [0.5, 0.6) is 5.75 Å². The highest BCUT2D eigenvalue weighted by Crippen LogP contribution is 2.17. The molecule has 0 aliphatic heterocycles. The minimum absolute atomic E-state index is 0.189. The number of carbonyl (C=O) groups excluding carboxylic acids is 2. The molecule has 1 aromatic rings. The van der Waals surface area contributed by atoms with Crippen molar-refractivity contribution in [2.75, 3.05) is 11.9 Å². The smallest absolute Gasteiger partial charge is 0.255 e. The van der Waals surface area contributed by atoms with E-state index in [0.717, 1.165) is 5.57 Å². The predicted molar refractivity (Wildman–Crippen MR) is 69.2 cm³/mol. The number of ether oxygens (including phenoxy) is 1. The second-order valence-electron chi connectivity index (χ2n) is 3.99. The minimum atomic E-state index is -0.547. The molecule has 0 fully saturated rings. The molecule has 1 aromatic carbocycles. The molecule has 0 aliphatic carbocycles. The van der Waals surface area contributed by atoms with Gasteiger partial charge in [-0.15, -0.1) is 0 Å². The molecule has 0 aromatic heterocycles. The van der Waals surface area contributed by atoms with Crippen LogP contribution >= 0.6 is 0 Å². The van der Waals surface area contributed by atoms with Crippen LogP contribution in [0.15, 0.2) is 35.9 Å². The van der Waals surface area contributed by atoms with Crippen LogP contribution in [0.4, 0.5) is 5.69 Å². The Hall–Kier alpha value is -2.30. The first-order valence-electron chi connectivity index (χ1n) is 5.44. The van der Waals surface area contributed by atoms with Gasteiger partial charge in [-0.05, 0) is 26.0 Å². The monoisotopic (exact) mass is 248 g/mol. The topological polar surface area (TPSA) is 81.4 Å². The second kappa shape index (κ2) is 6.44. The summed E-state index contributed by atoms with van der Waals surface area (Å²) in [6.07, 6.45) is 1.50. The maximum Gasteiger partial charge on any atom is 0.255 e. The Morgan fingerprint density at radius 1 is 1.39 bits per heavy atom. The largest absolute Gasteiger partial charge is 0.484 e. The Morgan fingerprint density at radius 2 is 2.11 bits per heavy atom. The van der Waals surface area contributed by atoms with E-state index in [1.807, 2.05) is 13.8 Å². The highest BCUT2D eigenvalue weighted by Gasteiger charge is 2.01. The summed E-state index contributed by atoms with van der Waals surface area (Å²) in [5, 5.41) is 2.69. The lowest BCUT2D eigenvalue weighted by atomic mass is 10.2. The van der Waals surface area contributed by atoms with Crippen molar-refractivity contribution in [3.8, 4) is 5.75 Å². The van der Waals surface area contributed by atoms with E-state index in [-0.39, 0.29) is 12.5 Å². The van der Waals surface area contributed by atoms with Crippen molar-refractivity contribution in [2.24, 2.45) is 5.73 Å². The van der Waals surface area contributed by atoms with Crippen LogP contribution in [0.1, 0.15) is 13.8 Å². The molecule has 18 heavy (non-hydrogen) atoms. The van der Waals surface area contributed by atoms with Crippen molar-refractivity contribution in [1.82, 2.24) is 0 Å². The highest BCUT2D eigenvalue weighted by molar-refractivity contribution is 5.99. The lowest BCUT2D eigenvalue weighted by Gasteiger charge is -2.07. The summed E-state index contributed by atoms with van der Waals surface area (Å²) in [5.41, 5.74) is 6.48. The van der Waals surface area contributed by atoms with E-state index in [9.17, 15) is 9.59 Å². The van der Waals surface area contributed by atoms with Crippen molar-refractivity contribution in [3.05, 3.63) is 35.9 Å². The average Bonchev–Trinajstić information content (AvgIpc) is 2.25. The summed E-state index contributed by atoms with van der Waals surface area (Å²) in [5.74, 6) is -0.278. The molecular formula is C13H16N2O3. The molecule has 0 unspecified atom stereocenters. The van der Waals surface area contributed by atoms with E-state index in [0.29, 0.717) is 11.4 Å². The summed E-state index contributed by atoms with van der Waals surface area (Å²) in [6, 6.07) is 6.75. The zero-order valence-electron chi connectivity index (χ0n) is 10.4. The van der Waals surface area contributed by atoms with Crippen LogP contribution in [0, 0.1) is 0 Å². The molecule has 0 saturated heterocycles. The van der Waals surface area contributed by atoms with Crippen molar-refractivity contribution in [3.63, 3.8) is 0 Å². The zero-order chi connectivity index (χ0) is 13.5. The number of benzene rings is 1. The molecule has 5 heteroatoms. The van der Waals surface area contributed by atoms with Crippen LogP contribution in [-0.2, 0) is 9.59 Å². The third kappa shape index (κ3) is 5.16. The predicted octanol–water partition coefficient (Wildman–Crippen LogP) is 1.46. The Kier molecular flexibility index (Phi) is 4.92. The van der Waals surface area contributed by atoms with Gasteiger partial charge in [0.2, 0.25) is 5.91 Å². The van der Waals surface area contributed by atoms with Gasteiger partial charge in [0, 0.05) is 17.8 Å². The number of hydrogen-bond donors (Lipinski definition) is 2. The minimum Gasteiger partial charge on any atom is -0.484 e. The van der Waals surface area contributed by atoms with Crippen molar-refractivity contribution in [2.45, 2.75) is 13.8 Å². The molecule has 1 rings (SSSR count). The molecule has 3 N–H and O–H groups in total. The van der Waals surface area contributed by atoms with E-state index in [4.69, 9.17) is 10.5 Å². The van der Waals surface area contributed by atoms with Gasteiger partial charge in [0.1, 0.15) is 5.75 Å². The number of carbonyl (C=O) groups is 2. The van der Waals surface area contributed by atoms with Gasteiger partial charge in [0.15, 0.2) is 6.61 Å². The number of amides is 2. The van der Waals surface area contributed by atoms with Crippen LogP contribution in [-0.4, -0.2) is 18.4 Å². The molecule has 0 spiro atoms. The van der Waals surface area contributed by atoms with E-state index < -0.39 is 5.91 Å². The van der Waals surface area contributed by atoms with Crippen LogP contribution in [0.25, 0.3) is 0 Å². The lowest BCUT2D eigenvalue weighted by Crippen LogP contribution is -2.20. The van der Waals surface area contributed by atoms with Crippen molar-refractivity contribution >= 4 is 17.5 Å². The summed E-state index contributed by atoms with van der Waals surface area (Å²) >= 11 is 0. The van der Waals surface area contributed by atoms with Crippen molar-refractivity contribution in [1.29, 1.82) is 0 Å². The summed E-state index contributed by atoms with van der Waals surface area (Å²) in [7, 11) is 0. The fourth-order valence-corrected chi connectivity index (χ4v) is 1.26. The molecule has 5 nitrogen and oxygen atoms in total. The quantitative estimate of drug-likeness (QED) is 0.774. The zero-order valence-corrected chi connectivity index (χ0v) is 10.4. The van der Waals surface area contributed by atoms with Gasteiger partial charge in [-0.3, -0.25) is 9.59 Å². The normalized spacial score (nSPS) is 9.44. The first-order chi connectivity index (χ1) is 8.47. The van der Waals surface area contributed by atoms with Crippen LogP contribution in [0.3, 0.4) is 0 Å². The molecule has 0 bridgehead atoms. The number of hydrogen-bond acceptors (Lipinski definition) is 3. The van der Waals surface area contributed by atoms with E-state index in [2.05, 4.69) is 5.32 Å². The number of allylic oxidation sites excluding steroid dienone is 1. The van der Waals surface area contributed by atoms with E-state index >= 15 is 0 Å².